The van der Waals surface area contributed by atoms with E-state index in [-0.39, 0.29) is 0 Å². The maximum Gasteiger partial charge on any atom is 0.129 e. The second-order valence-electron chi connectivity index (χ2n) is 3.45. The second-order valence-corrected chi connectivity index (χ2v) is 4.31. The van der Waals surface area contributed by atoms with Crippen LogP contribution < -0.4 is 0 Å². The van der Waals surface area contributed by atoms with E-state index in [4.69, 9.17) is 5.41 Å². The fraction of sp³-hybridized carbons (Fsp3) is 0.417. The van der Waals surface area contributed by atoms with Crippen molar-refractivity contribution in [3.63, 3.8) is 0 Å². The molecule has 0 heterocycles. The average molecular weight is 269 g/mol. The van der Waals surface area contributed by atoms with E-state index in [0.717, 1.165) is 28.7 Å². The summed E-state index contributed by atoms with van der Waals surface area (Å²) in [7, 11) is 0. The molecule has 0 aromatic heterocycles. The Balaban J connectivity index is 3.10. The zero-order valence-corrected chi connectivity index (χ0v) is 11.1. The fourth-order valence-electron chi connectivity index (χ4n) is 1.63. The van der Waals surface area contributed by atoms with Crippen LogP contribution in [0.25, 0.3) is 0 Å². The van der Waals surface area contributed by atoms with Gasteiger partial charge in [-0.3, -0.25) is 5.41 Å². The summed E-state index contributed by atoms with van der Waals surface area (Å²) in [6.45, 7) is 7.93. The molecule has 3 heteroatoms. The largest absolute Gasteiger partial charge is 0.357 e. The lowest BCUT2D eigenvalue weighted by atomic mass is 10.1. The van der Waals surface area contributed by atoms with Crippen LogP contribution in [0.5, 0.6) is 0 Å². The lowest BCUT2D eigenvalue weighted by Crippen LogP contribution is -2.31. The van der Waals surface area contributed by atoms with Crippen molar-refractivity contribution in [1.29, 1.82) is 5.41 Å². The molecule has 1 aromatic carbocycles. The Hall–Kier alpha value is -0.830. The highest BCUT2D eigenvalue weighted by atomic mass is 79.9. The molecule has 0 amide bonds. The van der Waals surface area contributed by atoms with Gasteiger partial charge in [0, 0.05) is 23.1 Å². The number of nitrogens with zero attached hydrogens (tertiary/aromatic N) is 1. The van der Waals surface area contributed by atoms with E-state index in [2.05, 4.69) is 29.8 Å². The summed E-state index contributed by atoms with van der Waals surface area (Å²) in [5.41, 5.74) is 2.14. The quantitative estimate of drug-likeness (QED) is 0.660. The highest BCUT2D eigenvalue weighted by Gasteiger charge is 2.13. The van der Waals surface area contributed by atoms with Crippen LogP contribution in [-0.2, 0) is 0 Å². The molecule has 1 N–H and O–H groups in total. The molecule has 0 aliphatic rings. The summed E-state index contributed by atoms with van der Waals surface area (Å²) in [6.07, 6.45) is 0. The molecular formula is C12H17BrN2. The molecule has 0 aliphatic carbocycles. The Kier molecular flexibility index (Phi) is 4.33. The van der Waals surface area contributed by atoms with Gasteiger partial charge in [-0.25, -0.2) is 0 Å². The molecule has 15 heavy (non-hydrogen) atoms. The predicted octanol–water partition coefficient (Wildman–Crippen LogP) is 3.42. The first-order chi connectivity index (χ1) is 7.11. The summed E-state index contributed by atoms with van der Waals surface area (Å²) >= 11 is 3.51. The molecule has 82 valence electrons. The minimum Gasteiger partial charge on any atom is -0.357 e. The zero-order valence-electron chi connectivity index (χ0n) is 9.47. The van der Waals surface area contributed by atoms with E-state index >= 15 is 0 Å². The lowest BCUT2D eigenvalue weighted by Gasteiger charge is -2.23. The number of nitrogens with one attached hydrogen (secondary N) is 1. The van der Waals surface area contributed by atoms with Crippen LogP contribution in [0.15, 0.2) is 22.7 Å². The monoisotopic (exact) mass is 268 g/mol. The molecule has 0 saturated heterocycles. The molecule has 1 rings (SSSR count). The highest BCUT2D eigenvalue weighted by molar-refractivity contribution is 9.10. The van der Waals surface area contributed by atoms with E-state index < -0.39 is 0 Å². The van der Waals surface area contributed by atoms with Gasteiger partial charge in [-0.05, 0) is 32.4 Å². The average Bonchev–Trinajstić information content (AvgIpc) is 2.19. The second kappa shape index (κ2) is 5.31. The number of amidine groups is 1. The number of benzene rings is 1. The van der Waals surface area contributed by atoms with E-state index in [1.54, 1.807) is 0 Å². The van der Waals surface area contributed by atoms with E-state index in [0.29, 0.717) is 5.84 Å². The Morgan fingerprint density at radius 3 is 2.40 bits per heavy atom. The van der Waals surface area contributed by atoms with Crippen LogP contribution in [0.1, 0.15) is 25.0 Å². The van der Waals surface area contributed by atoms with Crippen molar-refractivity contribution in [1.82, 2.24) is 4.90 Å². The van der Waals surface area contributed by atoms with Crippen LogP contribution in [0.4, 0.5) is 0 Å². The van der Waals surface area contributed by atoms with Crippen molar-refractivity contribution in [2.75, 3.05) is 13.1 Å². The maximum absolute atomic E-state index is 8.16. The zero-order chi connectivity index (χ0) is 11.4. The van der Waals surface area contributed by atoms with Crippen LogP contribution in [0.3, 0.4) is 0 Å². The molecule has 0 bridgehead atoms. The molecule has 0 unspecified atom stereocenters. The molecule has 0 spiro atoms. The van der Waals surface area contributed by atoms with Crippen LogP contribution in [0.2, 0.25) is 0 Å². The molecule has 0 atom stereocenters. The first kappa shape index (κ1) is 12.2. The fourth-order valence-corrected chi connectivity index (χ4v) is 2.28. The van der Waals surface area contributed by atoms with Crippen LogP contribution in [0, 0.1) is 12.3 Å². The standard InChI is InChI=1S/C12H17BrN2/c1-4-15(5-2)12(14)11-9(3)7-6-8-10(11)13/h6-8,14H,4-5H2,1-3H3. The Labute approximate surface area is 99.9 Å². The van der Waals surface area contributed by atoms with Crippen molar-refractivity contribution in [3.05, 3.63) is 33.8 Å². The Morgan fingerprint density at radius 2 is 1.93 bits per heavy atom. The molecule has 0 aliphatic heterocycles. The number of hydrogen-bond acceptors (Lipinski definition) is 1. The number of halogens is 1. The molecule has 1 aromatic rings. The summed E-state index contributed by atoms with van der Waals surface area (Å²) in [4.78, 5) is 2.05. The van der Waals surface area contributed by atoms with Crippen molar-refractivity contribution in [2.24, 2.45) is 0 Å². The number of aryl methyl sites for hydroxylation is 1. The minimum absolute atomic E-state index is 0.602. The van der Waals surface area contributed by atoms with Gasteiger partial charge in [-0.15, -0.1) is 0 Å². The van der Waals surface area contributed by atoms with Crippen molar-refractivity contribution in [3.8, 4) is 0 Å². The Morgan fingerprint density at radius 1 is 1.33 bits per heavy atom. The van der Waals surface area contributed by atoms with Crippen molar-refractivity contribution < 1.29 is 0 Å². The lowest BCUT2D eigenvalue weighted by molar-refractivity contribution is 0.463. The highest BCUT2D eigenvalue weighted by Crippen LogP contribution is 2.21. The van der Waals surface area contributed by atoms with Crippen LogP contribution >= 0.6 is 15.9 Å². The van der Waals surface area contributed by atoms with Crippen molar-refractivity contribution in [2.45, 2.75) is 20.8 Å². The minimum atomic E-state index is 0.602. The van der Waals surface area contributed by atoms with Crippen LogP contribution in [-0.4, -0.2) is 23.8 Å². The van der Waals surface area contributed by atoms with Crippen molar-refractivity contribution >= 4 is 21.8 Å². The normalized spacial score (nSPS) is 10.1. The summed E-state index contributed by atoms with van der Waals surface area (Å²) < 4.78 is 0.999. The summed E-state index contributed by atoms with van der Waals surface area (Å²) in [6, 6.07) is 6.02. The molecule has 2 nitrogen and oxygen atoms in total. The Bertz CT molecular complexity index is 336. The van der Waals surface area contributed by atoms with Gasteiger partial charge in [0.1, 0.15) is 5.84 Å². The van der Waals surface area contributed by atoms with Gasteiger partial charge in [0.2, 0.25) is 0 Å². The summed E-state index contributed by atoms with van der Waals surface area (Å²) in [5.74, 6) is 0.602. The van der Waals surface area contributed by atoms with Gasteiger partial charge in [0.25, 0.3) is 0 Å². The van der Waals surface area contributed by atoms with Gasteiger partial charge in [-0.1, -0.05) is 28.1 Å². The maximum atomic E-state index is 8.16. The van der Waals surface area contributed by atoms with Gasteiger partial charge >= 0.3 is 0 Å². The predicted molar refractivity (Wildman–Crippen MR) is 68.6 cm³/mol. The van der Waals surface area contributed by atoms with Gasteiger partial charge in [0.15, 0.2) is 0 Å². The molecule has 0 radical (unpaired) electrons. The van der Waals surface area contributed by atoms with Gasteiger partial charge < -0.3 is 4.90 Å². The molecular weight excluding hydrogens is 252 g/mol. The number of rotatable bonds is 3. The first-order valence-electron chi connectivity index (χ1n) is 5.20. The third kappa shape index (κ3) is 2.59. The number of hydrogen-bond donors (Lipinski definition) is 1. The molecule has 0 saturated carbocycles. The third-order valence-corrected chi connectivity index (χ3v) is 3.20. The summed E-state index contributed by atoms with van der Waals surface area (Å²) in [5, 5.41) is 8.16. The smallest absolute Gasteiger partial charge is 0.129 e. The van der Waals surface area contributed by atoms with E-state index in [1.165, 1.54) is 0 Å². The topological polar surface area (TPSA) is 27.1 Å². The molecule has 0 fully saturated rings. The van der Waals surface area contributed by atoms with Gasteiger partial charge in [-0.2, -0.15) is 0 Å². The SMILES string of the molecule is CCN(CC)C(=N)c1c(C)cccc1Br. The third-order valence-electron chi connectivity index (χ3n) is 2.54. The van der Waals surface area contributed by atoms with Gasteiger partial charge in [0.05, 0.1) is 0 Å². The van der Waals surface area contributed by atoms with E-state index in [9.17, 15) is 0 Å². The van der Waals surface area contributed by atoms with E-state index in [1.807, 2.05) is 30.0 Å². The first-order valence-corrected chi connectivity index (χ1v) is 6.00.